The monoisotopic (exact) mass is 533 g/mol. The van der Waals surface area contributed by atoms with Crippen LogP contribution in [0.15, 0.2) is 48.7 Å². The van der Waals surface area contributed by atoms with E-state index in [4.69, 9.17) is 21.4 Å². The molecule has 194 valence electrons. The number of nitrogens with one attached hydrogen (secondary N) is 1. The van der Waals surface area contributed by atoms with Crippen molar-refractivity contribution in [2.75, 3.05) is 41.4 Å². The van der Waals surface area contributed by atoms with Crippen molar-refractivity contribution >= 4 is 35.0 Å². The van der Waals surface area contributed by atoms with Gasteiger partial charge in [0.2, 0.25) is 0 Å². The van der Waals surface area contributed by atoms with Gasteiger partial charge in [0, 0.05) is 43.9 Å². The molecule has 2 N–H and O–H groups in total. The van der Waals surface area contributed by atoms with Crippen molar-refractivity contribution < 1.29 is 27.8 Å². The number of pyridine rings is 2. The maximum atomic E-state index is 13.5. The Morgan fingerprint density at radius 1 is 1.24 bits per heavy atom. The van der Waals surface area contributed by atoms with Crippen LogP contribution in [0.1, 0.15) is 18.4 Å². The van der Waals surface area contributed by atoms with Crippen molar-refractivity contribution in [3.05, 3.63) is 59.2 Å². The van der Waals surface area contributed by atoms with Gasteiger partial charge in [0.15, 0.2) is 5.82 Å². The van der Waals surface area contributed by atoms with Crippen LogP contribution in [-0.4, -0.2) is 53.5 Å². The first-order valence-electron chi connectivity index (χ1n) is 11.7. The third-order valence-electron chi connectivity index (χ3n) is 6.25. The number of aliphatic hydroxyl groups is 1. The second-order valence-electron chi connectivity index (χ2n) is 8.73. The maximum absolute atomic E-state index is 13.5. The van der Waals surface area contributed by atoms with E-state index in [-0.39, 0.29) is 34.7 Å². The Morgan fingerprint density at radius 2 is 2.08 bits per heavy atom. The van der Waals surface area contributed by atoms with E-state index in [2.05, 4.69) is 20.2 Å². The Bertz CT molecular complexity index is 1320. The summed E-state index contributed by atoms with van der Waals surface area (Å²) in [5, 5.41) is 11.9. The number of alkyl halides is 3. The summed E-state index contributed by atoms with van der Waals surface area (Å²) in [6, 6.07) is 8.99. The molecule has 3 aromatic rings. The lowest BCUT2D eigenvalue weighted by Gasteiger charge is -2.36. The van der Waals surface area contributed by atoms with Gasteiger partial charge in [0.05, 0.1) is 34.6 Å². The fourth-order valence-electron chi connectivity index (χ4n) is 4.52. The van der Waals surface area contributed by atoms with Crippen LogP contribution < -0.4 is 19.9 Å². The summed E-state index contributed by atoms with van der Waals surface area (Å²) < 4.78 is 45.5. The number of ether oxygens (including phenoxy) is 1. The zero-order chi connectivity index (χ0) is 26.2. The van der Waals surface area contributed by atoms with Crippen molar-refractivity contribution in [3.8, 4) is 17.0 Å². The highest BCUT2D eigenvalue weighted by Crippen LogP contribution is 2.43. The van der Waals surface area contributed by atoms with Gasteiger partial charge in [-0.15, -0.1) is 0 Å². The molecule has 1 unspecified atom stereocenters. The summed E-state index contributed by atoms with van der Waals surface area (Å²) in [6.45, 7) is 1.59. The molecule has 0 saturated carbocycles. The van der Waals surface area contributed by atoms with Crippen molar-refractivity contribution in [3.63, 3.8) is 0 Å². The smallest absolute Gasteiger partial charge is 0.416 e. The lowest BCUT2D eigenvalue weighted by Crippen LogP contribution is -2.48. The number of fused-ring (bicyclic) bond motifs is 4. The Morgan fingerprint density at radius 3 is 2.86 bits per heavy atom. The number of benzene rings is 1. The fourth-order valence-corrected chi connectivity index (χ4v) is 4.78. The third-order valence-corrected chi connectivity index (χ3v) is 6.54. The summed E-state index contributed by atoms with van der Waals surface area (Å²) >= 11 is 6.50. The number of aliphatic hydroxyl groups excluding tert-OH is 1. The average molecular weight is 534 g/mol. The minimum atomic E-state index is -4.52. The predicted octanol–water partition coefficient (Wildman–Crippen LogP) is 5.21. The van der Waals surface area contributed by atoms with E-state index in [9.17, 15) is 18.0 Å². The first-order valence-corrected chi connectivity index (χ1v) is 12.1. The Labute approximate surface area is 215 Å². The molecule has 2 amide bonds. The molecule has 1 aromatic carbocycles. The summed E-state index contributed by atoms with van der Waals surface area (Å²) in [4.78, 5) is 25.9. The largest absolute Gasteiger partial charge is 0.493 e. The van der Waals surface area contributed by atoms with Crippen molar-refractivity contribution in [1.82, 2.24) is 9.97 Å². The van der Waals surface area contributed by atoms with Gasteiger partial charge >= 0.3 is 12.2 Å². The normalized spacial score (nSPS) is 16.5. The molecule has 2 aliphatic heterocycles. The summed E-state index contributed by atoms with van der Waals surface area (Å²) in [7, 11) is 0. The average Bonchev–Trinajstić information content (AvgIpc) is 3.29. The number of nitrogens with zero attached hydrogens (tertiary/aromatic N) is 4. The predicted molar refractivity (Wildman–Crippen MR) is 133 cm³/mol. The first kappa shape index (κ1) is 25.1. The highest BCUT2D eigenvalue weighted by Gasteiger charge is 2.41. The first-order chi connectivity index (χ1) is 17.7. The molecule has 12 heteroatoms. The Hall–Kier alpha value is -3.57. The number of halogens is 4. The van der Waals surface area contributed by atoms with E-state index >= 15 is 0 Å². The van der Waals surface area contributed by atoms with Crippen molar-refractivity contribution in [2.45, 2.75) is 25.1 Å². The van der Waals surface area contributed by atoms with E-state index in [1.165, 1.54) is 23.2 Å². The standard InChI is InChI=1S/C25H23ClF3N5O3/c26-19-13-20-23(32-22(19)15-3-1-4-16(11-15)25(27,28)29)34(17-6-8-33(20)14-17)24(36)31-21-12-18(5-7-30-21)37-10-2-9-35/h1,3-5,7,11-13,17,35H,2,6,8-10,14H2,(H,30,31,36). The number of hydrogen-bond acceptors (Lipinski definition) is 6. The lowest BCUT2D eigenvalue weighted by molar-refractivity contribution is -0.137. The van der Waals surface area contributed by atoms with Gasteiger partial charge in [0.1, 0.15) is 11.6 Å². The number of anilines is 3. The minimum Gasteiger partial charge on any atom is -0.493 e. The van der Waals surface area contributed by atoms with Gasteiger partial charge in [-0.1, -0.05) is 23.7 Å². The molecule has 2 bridgehead atoms. The minimum absolute atomic E-state index is 0.000948. The lowest BCUT2D eigenvalue weighted by atomic mass is 10.1. The zero-order valence-corrected chi connectivity index (χ0v) is 20.3. The molecule has 0 aliphatic carbocycles. The van der Waals surface area contributed by atoms with Gasteiger partial charge in [-0.25, -0.2) is 14.8 Å². The quantitative estimate of drug-likeness (QED) is 0.423. The molecular weight excluding hydrogens is 511 g/mol. The molecule has 1 fully saturated rings. The molecule has 2 aliphatic rings. The number of carbonyl (C=O) groups excluding carboxylic acids is 1. The van der Waals surface area contributed by atoms with Crippen LogP contribution in [-0.2, 0) is 6.18 Å². The van der Waals surface area contributed by atoms with Crippen LogP contribution in [0.25, 0.3) is 11.3 Å². The molecule has 0 radical (unpaired) electrons. The Kier molecular flexibility index (Phi) is 6.82. The molecular formula is C25H23ClF3N5O3. The van der Waals surface area contributed by atoms with Crippen LogP contribution >= 0.6 is 11.6 Å². The highest BCUT2D eigenvalue weighted by atomic mass is 35.5. The van der Waals surface area contributed by atoms with Crippen LogP contribution in [0.2, 0.25) is 5.02 Å². The van der Waals surface area contributed by atoms with Crippen LogP contribution in [0.4, 0.5) is 35.3 Å². The zero-order valence-electron chi connectivity index (χ0n) is 19.5. The maximum Gasteiger partial charge on any atom is 0.416 e. The van der Waals surface area contributed by atoms with E-state index < -0.39 is 17.8 Å². The van der Waals surface area contributed by atoms with E-state index in [0.717, 1.165) is 12.1 Å². The number of hydrogen-bond donors (Lipinski definition) is 2. The van der Waals surface area contributed by atoms with E-state index in [1.54, 1.807) is 18.2 Å². The number of carbonyl (C=O) groups is 1. The highest BCUT2D eigenvalue weighted by molar-refractivity contribution is 6.33. The van der Waals surface area contributed by atoms with Crippen LogP contribution in [0.5, 0.6) is 5.75 Å². The van der Waals surface area contributed by atoms with Gasteiger partial charge in [-0.3, -0.25) is 10.2 Å². The molecule has 1 atom stereocenters. The van der Waals surface area contributed by atoms with Gasteiger partial charge in [-0.2, -0.15) is 13.2 Å². The number of amides is 2. The molecule has 0 spiro atoms. The summed E-state index contributed by atoms with van der Waals surface area (Å²) in [5.74, 6) is 1.07. The van der Waals surface area contributed by atoms with Crippen LogP contribution in [0.3, 0.4) is 0 Å². The fraction of sp³-hybridized carbons (Fsp3) is 0.320. The van der Waals surface area contributed by atoms with Gasteiger partial charge in [-0.05, 0) is 30.7 Å². The summed E-state index contributed by atoms with van der Waals surface area (Å²) in [6.07, 6.45) is -1.86. The van der Waals surface area contributed by atoms with E-state index in [0.29, 0.717) is 49.8 Å². The molecule has 4 heterocycles. The molecule has 5 rings (SSSR count). The van der Waals surface area contributed by atoms with Crippen molar-refractivity contribution in [2.24, 2.45) is 0 Å². The van der Waals surface area contributed by atoms with Crippen molar-refractivity contribution in [1.29, 1.82) is 0 Å². The molecule has 37 heavy (non-hydrogen) atoms. The number of aromatic nitrogens is 2. The van der Waals surface area contributed by atoms with Crippen LogP contribution in [0, 0.1) is 0 Å². The summed E-state index contributed by atoms with van der Waals surface area (Å²) in [5.41, 5.74) is 0.180. The Balaban J connectivity index is 1.47. The van der Waals surface area contributed by atoms with Gasteiger partial charge < -0.3 is 14.7 Å². The topological polar surface area (TPSA) is 90.8 Å². The molecule has 8 nitrogen and oxygen atoms in total. The van der Waals surface area contributed by atoms with Gasteiger partial charge in [0.25, 0.3) is 0 Å². The van der Waals surface area contributed by atoms with E-state index in [1.807, 2.05) is 0 Å². The number of urea groups is 1. The second-order valence-corrected chi connectivity index (χ2v) is 9.14. The second kappa shape index (κ2) is 10.1. The third kappa shape index (κ3) is 5.14. The molecule has 1 saturated heterocycles. The SMILES string of the molecule is O=C(Nc1cc(OCCCO)ccn1)N1c2nc(-c3cccc(C(F)(F)F)c3)c(Cl)cc2N2CCC1C2. The molecule has 2 aromatic heterocycles. The number of rotatable bonds is 6.